The Kier molecular flexibility index (Phi) is 3.70. The molecule has 2 amide bonds. The van der Waals surface area contributed by atoms with E-state index in [0.717, 1.165) is 6.20 Å². The van der Waals surface area contributed by atoms with Crippen molar-refractivity contribution in [3.05, 3.63) is 47.3 Å². The molecule has 4 N–H and O–H groups in total. The predicted molar refractivity (Wildman–Crippen MR) is 73.1 cm³/mol. The molecule has 21 heavy (non-hydrogen) atoms. The third-order valence-corrected chi connectivity index (χ3v) is 2.81. The Morgan fingerprint density at radius 1 is 1.24 bits per heavy atom. The zero-order valence-electron chi connectivity index (χ0n) is 11.0. The minimum Gasteiger partial charge on any atom is -0.478 e. The molecule has 8 nitrogen and oxygen atoms in total. The van der Waals surface area contributed by atoms with E-state index in [1.54, 1.807) is 0 Å². The largest absolute Gasteiger partial charge is 0.478 e. The highest BCUT2D eigenvalue weighted by Crippen LogP contribution is 2.13. The number of aromatic nitrogens is 2. The summed E-state index contributed by atoms with van der Waals surface area (Å²) in [7, 11) is 1.47. The molecule has 0 aliphatic rings. The molecule has 0 unspecified atom stereocenters. The van der Waals surface area contributed by atoms with Gasteiger partial charge in [-0.25, -0.2) is 4.79 Å². The highest BCUT2D eigenvalue weighted by atomic mass is 16.4. The lowest BCUT2D eigenvalue weighted by Gasteiger charge is -2.07. The molecule has 0 aliphatic heterocycles. The normalized spacial score (nSPS) is 10.1. The van der Waals surface area contributed by atoms with Crippen LogP contribution in [0.3, 0.4) is 0 Å². The number of benzene rings is 1. The van der Waals surface area contributed by atoms with E-state index in [1.807, 2.05) is 0 Å². The average Bonchev–Trinajstić information content (AvgIpc) is 2.81. The first-order chi connectivity index (χ1) is 9.90. The number of amides is 2. The van der Waals surface area contributed by atoms with Crippen molar-refractivity contribution in [1.29, 1.82) is 0 Å². The third kappa shape index (κ3) is 2.89. The fourth-order valence-electron chi connectivity index (χ4n) is 1.77. The number of nitrogens with one attached hydrogen (secondary N) is 1. The summed E-state index contributed by atoms with van der Waals surface area (Å²) in [6, 6.07) is 5.90. The second-order valence-electron chi connectivity index (χ2n) is 4.23. The summed E-state index contributed by atoms with van der Waals surface area (Å²) in [5.41, 5.74) is 5.56. The maximum Gasteiger partial charge on any atom is 0.339 e. The molecule has 0 bridgehead atoms. The maximum atomic E-state index is 12.1. The van der Waals surface area contributed by atoms with Gasteiger partial charge < -0.3 is 16.2 Å². The molecule has 1 aromatic carbocycles. The highest BCUT2D eigenvalue weighted by molar-refractivity contribution is 6.09. The molecule has 0 atom stereocenters. The van der Waals surface area contributed by atoms with Gasteiger partial charge in [0, 0.05) is 18.3 Å². The fraction of sp³-hybridized carbons (Fsp3) is 0.0769. The summed E-state index contributed by atoms with van der Waals surface area (Å²) in [6.07, 6.45) is 1.10. The molecule has 0 saturated heterocycles. The second-order valence-corrected chi connectivity index (χ2v) is 4.23. The molecule has 8 heteroatoms. The first-order valence-electron chi connectivity index (χ1n) is 5.86. The molecule has 0 spiro atoms. The van der Waals surface area contributed by atoms with Crippen LogP contribution in [0.2, 0.25) is 0 Å². The van der Waals surface area contributed by atoms with Crippen molar-refractivity contribution in [2.45, 2.75) is 0 Å². The minimum atomic E-state index is -1.24. The molecule has 2 aromatic rings. The van der Waals surface area contributed by atoms with Crippen LogP contribution in [0.4, 0.5) is 5.69 Å². The van der Waals surface area contributed by atoms with Crippen LogP contribution in [-0.2, 0) is 7.05 Å². The van der Waals surface area contributed by atoms with Crippen LogP contribution < -0.4 is 11.1 Å². The van der Waals surface area contributed by atoms with Crippen molar-refractivity contribution >= 4 is 23.5 Å². The first kappa shape index (κ1) is 14.3. The van der Waals surface area contributed by atoms with E-state index in [-0.39, 0.29) is 11.3 Å². The van der Waals surface area contributed by atoms with E-state index in [1.165, 1.54) is 36.0 Å². The standard InChI is InChI=1S/C13H12N4O4/c1-17-10(9(6-15-17)13(20)21)12(19)16-8-4-2-7(3-5-8)11(14)18/h2-6H,1H3,(H2,14,18)(H,16,19)(H,20,21). The Labute approximate surface area is 119 Å². The summed E-state index contributed by atoms with van der Waals surface area (Å²) in [6.45, 7) is 0. The Morgan fingerprint density at radius 2 is 1.86 bits per heavy atom. The van der Waals surface area contributed by atoms with Crippen LogP contribution in [0.5, 0.6) is 0 Å². The number of rotatable bonds is 4. The molecule has 2 rings (SSSR count). The smallest absolute Gasteiger partial charge is 0.339 e. The van der Waals surface area contributed by atoms with Gasteiger partial charge in [-0.1, -0.05) is 0 Å². The van der Waals surface area contributed by atoms with Crippen LogP contribution in [0.1, 0.15) is 31.2 Å². The molecule has 1 heterocycles. The first-order valence-corrected chi connectivity index (χ1v) is 5.86. The maximum absolute atomic E-state index is 12.1. The van der Waals surface area contributed by atoms with Crippen LogP contribution in [0.25, 0.3) is 0 Å². The van der Waals surface area contributed by atoms with E-state index in [0.29, 0.717) is 11.3 Å². The molecule has 0 radical (unpaired) electrons. The number of nitrogens with zero attached hydrogens (tertiary/aromatic N) is 2. The number of carboxylic acids is 1. The Hall–Kier alpha value is -3.16. The summed E-state index contributed by atoms with van der Waals surface area (Å²) in [5, 5.41) is 15.3. The quantitative estimate of drug-likeness (QED) is 0.753. The van der Waals surface area contributed by atoms with Crippen molar-refractivity contribution in [1.82, 2.24) is 9.78 Å². The van der Waals surface area contributed by atoms with Crippen LogP contribution >= 0.6 is 0 Å². The van der Waals surface area contributed by atoms with Crippen molar-refractivity contribution < 1.29 is 19.5 Å². The Morgan fingerprint density at radius 3 is 2.38 bits per heavy atom. The van der Waals surface area contributed by atoms with E-state index in [2.05, 4.69) is 10.4 Å². The highest BCUT2D eigenvalue weighted by Gasteiger charge is 2.21. The van der Waals surface area contributed by atoms with Gasteiger partial charge >= 0.3 is 5.97 Å². The number of aryl methyl sites for hydroxylation is 1. The molecule has 1 aromatic heterocycles. The van der Waals surface area contributed by atoms with Gasteiger partial charge in [-0.2, -0.15) is 5.10 Å². The minimum absolute atomic E-state index is 0.0681. The zero-order valence-corrected chi connectivity index (χ0v) is 11.0. The molecule has 0 aliphatic carbocycles. The number of nitrogens with two attached hydrogens (primary N) is 1. The number of carbonyl (C=O) groups excluding carboxylic acids is 2. The molecular weight excluding hydrogens is 276 g/mol. The summed E-state index contributed by atoms with van der Waals surface area (Å²) >= 11 is 0. The number of hydrogen-bond acceptors (Lipinski definition) is 4. The van der Waals surface area contributed by atoms with Crippen molar-refractivity contribution in [2.24, 2.45) is 12.8 Å². The van der Waals surface area contributed by atoms with Gasteiger partial charge in [0.2, 0.25) is 5.91 Å². The van der Waals surface area contributed by atoms with Crippen LogP contribution in [-0.4, -0.2) is 32.7 Å². The number of carbonyl (C=O) groups is 3. The van der Waals surface area contributed by atoms with E-state index < -0.39 is 17.8 Å². The number of hydrogen-bond donors (Lipinski definition) is 3. The SMILES string of the molecule is Cn1ncc(C(=O)O)c1C(=O)Nc1ccc(C(N)=O)cc1. The lowest BCUT2D eigenvalue weighted by molar-refractivity contribution is 0.0692. The Balaban J connectivity index is 2.24. The summed E-state index contributed by atoms with van der Waals surface area (Å²) < 4.78 is 1.18. The van der Waals surface area contributed by atoms with Crippen molar-refractivity contribution in [3.8, 4) is 0 Å². The van der Waals surface area contributed by atoms with E-state index in [9.17, 15) is 14.4 Å². The van der Waals surface area contributed by atoms with Gasteiger partial charge in [0.05, 0.1) is 6.20 Å². The van der Waals surface area contributed by atoms with Crippen LogP contribution in [0, 0.1) is 0 Å². The van der Waals surface area contributed by atoms with Gasteiger partial charge in [0.1, 0.15) is 11.3 Å². The lowest BCUT2D eigenvalue weighted by atomic mass is 10.2. The van der Waals surface area contributed by atoms with Crippen molar-refractivity contribution in [3.63, 3.8) is 0 Å². The number of aromatic carboxylic acids is 1. The van der Waals surface area contributed by atoms with Gasteiger partial charge in [-0.15, -0.1) is 0 Å². The number of carboxylic acid groups (broad SMARTS) is 1. The van der Waals surface area contributed by atoms with Crippen LogP contribution in [0.15, 0.2) is 30.5 Å². The van der Waals surface area contributed by atoms with E-state index >= 15 is 0 Å². The summed E-state index contributed by atoms with van der Waals surface area (Å²) in [5.74, 6) is -2.43. The number of primary amides is 1. The van der Waals surface area contributed by atoms with Gasteiger partial charge in [0.15, 0.2) is 0 Å². The van der Waals surface area contributed by atoms with Gasteiger partial charge in [0.25, 0.3) is 5.91 Å². The zero-order chi connectivity index (χ0) is 15.6. The monoisotopic (exact) mass is 288 g/mol. The third-order valence-electron chi connectivity index (χ3n) is 2.81. The topological polar surface area (TPSA) is 127 Å². The molecule has 108 valence electrons. The molecule has 0 fully saturated rings. The Bertz CT molecular complexity index is 718. The molecular formula is C13H12N4O4. The predicted octanol–water partition coefficient (Wildman–Crippen LogP) is 0.469. The second kappa shape index (κ2) is 5.45. The average molecular weight is 288 g/mol. The van der Waals surface area contributed by atoms with Crippen molar-refractivity contribution in [2.75, 3.05) is 5.32 Å². The van der Waals surface area contributed by atoms with Gasteiger partial charge in [-0.3, -0.25) is 14.3 Å². The fourth-order valence-corrected chi connectivity index (χ4v) is 1.77. The van der Waals surface area contributed by atoms with E-state index in [4.69, 9.17) is 10.8 Å². The van der Waals surface area contributed by atoms with Gasteiger partial charge in [-0.05, 0) is 24.3 Å². The number of anilines is 1. The lowest BCUT2D eigenvalue weighted by Crippen LogP contribution is -2.19. The summed E-state index contributed by atoms with van der Waals surface area (Å²) in [4.78, 5) is 34.1. The molecule has 0 saturated carbocycles.